The number of esters is 2. The summed E-state index contributed by atoms with van der Waals surface area (Å²) in [7, 11) is 4.13. The van der Waals surface area contributed by atoms with Crippen LogP contribution in [0.15, 0.2) is 0 Å². The van der Waals surface area contributed by atoms with E-state index in [-0.39, 0.29) is 54.6 Å². The number of aliphatic hydroxyl groups excluding tert-OH is 1. The van der Waals surface area contributed by atoms with Gasteiger partial charge in [-0.15, -0.1) is 11.8 Å². The summed E-state index contributed by atoms with van der Waals surface area (Å²) in [6.45, 7) is 7.03. The highest BCUT2D eigenvalue weighted by atomic mass is 79.9. The zero-order valence-corrected chi connectivity index (χ0v) is 32.6. The average Bonchev–Trinajstić information content (AvgIpc) is 3.00. The van der Waals surface area contributed by atoms with Crippen LogP contribution in [-0.4, -0.2) is 104 Å². The van der Waals surface area contributed by atoms with Gasteiger partial charge in [0.1, 0.15) is 19.8 Å². The van der Waals surface area contributed by atoms with E-state index in [4.69, 9.17) is 9.47 Å². The minimum absolute atomic E-state index is 0. The van der Waals surface area contributed by atoms with Gasteiger partial charge in [-0.2, -0.15) is 0 Å². The number of ether oxygens (including phenoxy) is 2. The van der Waals surface area contributed by atoms with Crippen molar-refractivity contribution in [2.45, 2.75) is 142 Å². The van der Waals surface area contributed by atoms with Crippen molar-refractivity contribution >= 4 is 29.6 Å². The van der Waals surface area contributed by atoms with Crippen LogP contribution in [0.25, 0.3) is 0 Å². The topological polar surface area (TPSA) is 93.1 Å². The van der Waals surface area contributed by atoms with Crippen molar-refractivity contribution in [3.05, 3.63) is 0 Å². The summed E-state index contributed by atoms with van der Waals surface area (Å²) in [6.07, 6.45) is 22.4. The Morgan fingerprint density at radius 1 is 0.630 bits per heavy atom. The van der Waals surface area contributed by atoms with Gasteiger partial charge in [0.05, 0.1) is 46.1 Å². The first-order valence-electron chi connectivity index (χ1n) is 18.3. The number of quaternary nitrogens is 1. The second-order valence-electron chi connectivity index (χ2n) is 13.1. The Bertz CT molecular complexity index is 689. The lowest BCUT2D eigenvalue weighted by molar-refractivity contribution is -0.888. The van der Waals surface area contributed by atoms with E-state index in [0.717, 1.165) is 50.8 Å². The smallest absolute Gasteiger partial charge is 0.305 e. The van der Waals surface area contributed by atoms with Gasteiger partial charge in [0.2, 0.25) is 5.91 Å². The van der Waals surface area contributed by atoms with Crippen molar-refractivity contribution in [2.75, 3.05) is 71.6 Å². The maximum absolute atomic E-state index is 13.0. The second-order valence-corrected chi connectivity index (χ2v) is 14.2. The highest BCUT2D eigenvalue weighted by molar-refractivity contribution is 7.99. The van der Waals surface area contributed by atoms with Crippen molar-refractivity contribution in [3.8, 4) is 0 Å². The number of hydrogen-bond acceptors (Lipinski definition) is 7. The van der Waals surface area contributed by atoms with Gasteiger partial charge in [0, 0.05) is 18.6 Å². The first-order valence-corrected chi connectivity index (χ1v) is 19.5. The fraction of sp³-hybridized carbons (Fsp3) is 0.917. The highest BCUT2D eigenvalue weighted by Crippen LogP contribution is 2.12. The van der Waals surface area contributed by atoms with E-state index >= 15 is 0 Å². The molecule has 0 aliphatic heterocycles. The summed E-state index contributed by atoms with van der Waals surface area (Å²) < 4.78 is 11.6. The van der Waals surface area contributed by atoms with E-state index in [1.54, 1.807) is 16.7 Å². The summed E-state index contributed by atoms with van der Waals surface area (Å²) in [5, 5.41) is 9.24. The fourth-order valence-corrected chi connectivity index (χ4v) is 6.27. The Hall–Kier alpha value is -0.840. The minimum Gasteiger partial charge on any atom is -1.00 e. The van der Waals surface area contributed by atoms with E-state index in [9.17, 15) is 19.5 Å². The zero-order chi connectivity index (χ0) is 33.4. The number of thioether (sulfide) groups is 1. The fourth-order valence-electron chi connectivity index (χ4n) is 5.15. The molecule has 0 aliphatic carbocycles. The average molecular weight is 740 g/mol. The lowest BCUT2D eigenvalue weighted by atomic mass is 10.1. The molecule has 8 nitrogen and oxygen atoms in total. The molecule has 46 heavy (non-hydrogen) atoms. The van der Waals surface area contributed by atoms with Gasteiger partial charge >= 0.3 is 11.9 Å². The molecule has 0 aromatic carbocycles. The summed E-state index contributed by atoms with van der Waals surface area (Å²) in [4.78, 5) is 39.2. The summed E-state index contributed by atoms with van der Waals surface area (Å²) in [5.74, 6) is 0.649. The number of aliphatic hydroxyl groups is 1. The Kier molecular flexibility index (Phi) is 35.0. The molecule has 0 heterocycles. The van der Waals surface area contributed by atoms with E-state index in [1.165, 1.54) is 77.0 Å². The second kappa shape index (κ2) is 34.0. The van der Waals surface area contributed by atoms with Crippen LogP contribution in [0, 0.1) is 0 Å². The molecule has 0 aromatic rings. The third-order valence-electron chi connectivity index (χ3n) is 8.34. The van der Waals surface area contributed by atoms with Crippen molar-refractivity contribution in [2.24, 2.45) is 0 Å². The Morgan fingerprint density at radius 2 is 1.02 bits per heavy atom. The third-order valence-corrected chi connectivity index (χ3v) is 9.26. The van der Waals surface area contributed by atoms with Gasteiger partial charge in [-0.25, -0.2) is 0 Å². The van der Waals surface area contributed by atoms with Gasteiger partial charge in [-0.3, -0.25) is 14.4 Å². The molecule has 0 spiro atoms. The standard InChI is InChI=1S/C36H71N2O6S.BrH/c1-5-7-9-11-13-15-17-19-21-23-35(41)43-30-25-37(34(40)33-45-32-28-38(3,4)27-29-39)26-31-44-36(42)24-22-20-18-16-14-12-10-8-6-2;/h39H,5-33H2,1-4H3;1H/q+1;/p-1. The van der Waals surface area contributed by atoms with Gasteiger partial charge < -0.3 is 40.9 Å². The van der Waals surface area contributed by atoms with Crippen LogP contribution in [0.1, 0.15) is 142 Å². The first-order chi connectivity index (χ1) is 21.8. The molecule has 274 valence electrons. The van der Waals surface area contributed by atoms with Crippen LogP contribution in [0.2, 0.25) is 0 Å². The maximum atomic E-state index is 13.0. The molecule has 0 rings (SSSR count). The van der Waals surface area contributed by atoms with Crippen molar-refractivity contribution in [1.82, 2.24) is 4.90 Å². The van der Waals surface area contributed by atoms with Crippen LogP contribution >= 0.6 is 11.8 Å². The molecule has 0 unspecified atom stereocenters. The number of hydrogen-bond donors (Lipinski definition) is 1. The molecule has 10 heteroatoms. The predicted octanol–water partition coefficient (Wildman–Crippen LogP) is 4.55. The number of halogens is 1. The molecule has 0 saturated heterocycles. The van der Waals surface area contributed by atoms with Crippen molar-refractivity contribution in [3.63, 3.8) is 0 Å². The Labute approximate surface area is 297 Å². The molecule has 0 atom stereocenters. The number of likely N-dealkylation sites (N-methyl/N-ethyl adjacent to an activating group) is 1. The third kappa shape index (κ3) is 31.7. The predicted molar refractivity (Wildman–Crippen MR) is 188 cm³/mol. The Balaban J connectivity index is 0. The van der Waals surface area contributed by atoms with Gasteiger partial charge in [-0.1, -0.05) is 117 Å². The quantitative estimate of drug-likeness (QED) is 0.0601. The maximum Gasteiger partial charge on any atom is 0.305 e. The SMILES string of the molecule is CCCCCCCCCCCC(=O)OCCN(CCOC(=O)CCCCCCCCCCC)C(=O)CSCC[N+](C)(C)CCO.[Br-]. The molecule has 0 radical (unpaired) electrons. The molecular formula is C36H71BrN2O6S. The van der Waals surface area contributed by atoms with Crippen LogP contribution < -0.4 is 17.0 Å². The number of rotatable bonds is 33. The van der Waals surface area contributed by atoms with E-state index < -0.39 is 0 Å². The molecule has 0 bridgehead atoms. The molecule has 0 aliphatic rings. The molecule has 0 fully saturated rings. The zero-order valence-electron chi connectivity index (χ0n) is 30.2. The van der Waals surface area contributed by atoms with E-state index in [2.05, 4.69) is 27.9 Å². The normalized spacial score (nSPS) is 11.2. The highest BCUT2D eigenvalue weighted by Gasteiger charge is 2.18. The lowest BCUT2D eigenvalue weighted by Crippen LogP contribution is -3.00. The van der Waals surface area contributed by atoms with Crippen LogP contribution in [0.4, 0.5) is 0 Å². The molecule has 1 amide bonds. The number of nitrogens with zero attached hydrogens (tertiary/aromatic N) is 2. The number of carbonyl (C=O) groups is 3. The summed E-state index contributed by atoms with van der Waals surface area (Å²) >= 11 is 1.56. The van der Waals surface area contributed by atoms with Crippen molar-refractivity contribution < 1.29 is 50.4 Å². The lowest BCUT2D eigenvalue weighted by Gasteiger charge is -2.28. The van der Waals surface area contributed by atoms with E-state index in [1.807, 2.05) is 0 Å². The Morgan fingerprint density at radius 3 is 1.41 bits per heavy atom. The summed E-state index contributed by atoms with van der Waals surface area (Å²) in [6, 6.07) is 0. The van der Waals surface area contributed by atoms with Gasteiger partial charge in [0.15, 0.2) is 0 Å². The first kappa shape index (κ1) is 47.3. The molecular weight excluding hydrogens is 668 g/mol. The van der Waals surface area contributed by atoms with Crippen molar-refractivity contribution in [1.29, 1.82) is 0 Å². The minimum atomic E-state index is -0.212. The van der Waals surface area contributed by atoms with Gasteiger partial charge in [-0.05, 0) is 12.8 Å². The number of carbonyl (C=O) groups excluding carboxylic acids is 3. The summed E-state index contributed by atoms with van der Waals surface area (Å²) in [5.41, 5.74) is 0. The van der Waals surface area contributed by atoms with Crippen LogP contribution in [-0.2, 0) is 23.9 Å². The monoisotopic (exact) mass is 738 g/mol. The molecule has 1 N–H and O–H groups in total. The van der Waals surface area contributed by atoms with Crippen LogP contribution in [0.5, 0.6) is 0 Å². The largest absolute Gasteiger partial charge is 1.00 e. The number of unbranched alkanes of at least 4 members (excludes halogenated alkanes) is 16. The number of amides is 1. The van der Waals surface area contributed by atoms with E-state index in [0.29, 0.717) is 42.7 Å². The van der Waals surface area contributed by atoms with Gasteiger partial charge in [0.25, 0.3) is 0 Å². The molecule has 0 aromatic heterocycles. The molecule has 0 saturated carbocycles. The van der Waals surface area contributed by atoms with Crippen LogP contribution in [0.3, 0.4) is 0 Å².